The van der Waals surface area contributed by atoms with Crippen LogP contribution in [0.5, 0.6) is 5.75 Å². The Bertz CT molecular complexity index is 1670. The average Bonchev–Trinajstić information content (AvgIpc) is 3.06. The van der Waals surface area contributed by atoms with Gasteiger partial charge >= 0.3 is 5.97 Å². The zero-order chi connectivity index (χ0) is 35.7. The fourth-order valence-corrected chi connectivity index (χ4v) is 6.89. The minimum absolute atomic E-state index is 0.0193. The number of nitrogens with one attached hydrogen (secondary N) is 1. The highest BCUT2D eigenvalue weighted by Crippen LogP contribution is 2.30. The van der Waals surface area contributed by atoms with Crippen LogP contribution < -0.4 is 9.46 Å². The van der Waals surface area contributed by atoms with Crippen molar-refractivity contribution in [3.05, 3.63) is 88.4 Å². The lowest BCUT2D eigenvalue weighted by atomic mass is 10.0. The van der Waals surface area contributed by atoms with Gasteiger partial charge in [-0.2, -0.15) is 0 Å². The van der Waals surface area contributed by atoms with E-state index < -0.39 is 27.9 Å². The number of ether oxygens (including phenoxy) is 2. The number of hydrogen-bond donors (Lipinski definition) is 3. The van der Waals surface area contributed by atoms with Crippen LogP contribution in [-0.2, 0) is 21.3 Å². The van der Waals surface area contributed by atoms with E-state index in [1.165, 1.54) is 30.3 Å². The van der Waals surface area contributed by atoms with E-state index in [9.17, 15) is 28.2 Å². The quantitative estimate of drug-likeness (QED) is 0.238. The summed E-state index contributed by atoms with van der Waals surface area (Å²) in [6.07, 6.45) is 1.86. The lowest BCUT2D eigenvalue weighted by Gasteiger charge is -2.36. The number of carboxylic acid groups (broad SMARTS) is 1. The maximum Gasteiger partial charge on any atom is 0.335 e. The summed E-state index contributed by atoms with van der Waals surface area (Å²) in [6.45, 7) is 7.30. The van der Waals surface area contributed by atoms with Crippen LogP contribution in [0, 0.1) is 5.92 Å². The van der Waals surface area contributed by atoms with E-state index in [2.05, 4.69) is 9.62 Å². The predicted molar refractivity (Wildman–Crippen MR) is 189 cm³/mol. The van der Waals surface area contributed by atoms with Gasteiger partial charge in [-0.15, -0.1) is 0 Å². The van der Waals surface area contributed by atoms with E-state index in [-0.39, 0.29) is 53.0 Å². The molecule has 49 heavy (non-hydrogen) atoms. The number of carbonyl (C=O) groups excluding carboxylic acids is 1. The van der Waals surface area contributed by atoms with Gasteiger partial charge in [0.05, 0.1) is 40.9 Å². The second-order valence-corrected chi connectivity index (χ2v) is 14.9. The highest BCUT2D eigenvalue weighted by molar-refractivity contribution is 7.92. The second kappa shape index (κ2) is 17.3. The van der Waals surface area contributed by atoms with Crippen LogP contribution in [-0.4, -0.2) is 91.9 Å². The molecule has 1 amide bonds. The number of hydrogen-bond acceptors (Lipinski definition) is 8. The number of benzene rings is 3. The Balaban J connectivity index is 1.62. The van der Waals surface area contributed by atoms with E-state index in [0.29, 0.717) is 36.9 Å². The molecule has 3 aromatic rings. The molecule has 4 atom stereocenters. The van der Waals surface area contributed by atoms with Crippen LogP contribution in [0.3, 0.4) is 0 Å². The fourth-order valence-electron chi connectivity index (χ4n) is 5.71. The van der Waals surface area contributed by atoms with Crippen molar-refractivity contribution >= 4 is 39.2 Å². The third-order valence-corrected chi connectivity index (χ3v) is 10.2. The lowest BCUT2D eigenvalue weighted by Crippen LogP contribution is -2.47. The molecule has 4 rings (SSSR count). The highest BCUT2D eigenvalue weighted by atomic mass is 35.5. The van der Waals surface area contributed by atoms with E-state index in [1.807, 2.05) is 20.9 Å². The number of aliphatic hydroxyl groups is 1. The number of aromatic carboxylic acids is 1. The maximum absolute atomic E-state index is 14.4. The number of carbonyl (C=O) groups is 2. The number of rotatable bonds is 10. The van der Waals surface area contributed by atoms with Crippen molar-refractivity contribution in [2.75, 3.05) is 38.1 Å². The molecule has 13 heteroatoms. The number of halogens is 1. The minimum atomic E-state index is -3.99. The molecular formula is C36H46ClN3O8S. The first-order valence-corrected chi connectivity index (χ1v) is 18.3. The molecule has 0 aliphatic carbocycles. The summed E-state index contributed by atoms with van der Waals surface area (Å²) in [5.41, 5.74) is 1.54. The van der Waals surface area contributed by atoms with Crippen molar-refractivity contribution in [3.63, 3.8) is 0 Å². The summed E-state index contributed by atoms with van der Waals surface area (Å²) in [7, 11) is -2.02. The van der Waals surface area contributed by atoms with E-state index in [0.717, 1.165) is 18.4 Å². The summed E-state index contributed by atoms with van der Waals surface area (Å²) in [4.78, 5) is 29.4. The topological polar surface area (TPSA) is 146 Å². The van der Waals surface area contributed by atoms with Crippen molar-refractivity contribution < 1.29 is 37.7 Å². The van der Waals surface area contributed by atoms with Gasteiger partial charge in [-0.05, 0) is 100 Å². The molecule has 3 aromatic carbocycles. The number of aliphatic hydroxyl groups excluding tert-OH is 1. The van der Waals surface area contributed by atoms with Crippen molar-refractivity contribution in [1.82, 2.24) is 9.80 Å². The molecule has 0 saturated heterocycles. The zero-order valence-electron chi connectivity index (χ0n) is 28.3. The Hall–Kier alpha value is -3.68. The van der Waals surface area contributed by atoms with Crippen LogP contribution in [0.15, 0.2) is 71.6 Å². The lowest BCUT2D eigenvalue weighted by molar-refractivity contribution is -0.0177. The van der Waals surface area contributed by atoms with Crippen LogP contribution in [0.1, 0.15) is 66.3 Å². The molecule has 0 unspecified atom stereocenters. The Morgan fingerprint density at radius 3 is 2.43 bits per heavy atom. The van der Waals surface area contributed by atoms with Gasteiger partial charge in [0, 0.05) is 42.9 Å². The van der Waals surface area contributed by atoms with Crippen LogP contribution in [0.4, 0.5) is 5.69 Å². The standard InChI is InChI=1S/C36H46ClN3O8S/c1-24-20-40(25(2)23-41)35(42)32-19-30(38-49(45,46)31-15-12-29(37)13-16-31)14-17-33(32)48-26(3)7-5-6-18-47-34(24)22-39(4)21-27-8-10-28(11-9-27)36(43)44/h8-17,19,24-26,34,38,41H,5-7,18,20-23H2,1-4H3,(H,43,44)/t24-,25+,26-,34+/m0/s1. The number of sulfonamides is 1. The third kappa shape index (κ3) is 10.7. The van der Waals surface area contributed by atoms with Crippen molar-refractivity contribution in [3.8, 4) is 5.75 Å². The van der Waals surface area contributed by atoms with Crippen molar-refractivity contribution in [1.29, 1.82) is 0 Å². The van der Waals surface area contributed by atoms with Gasteiger partial charge in [0.25, 0.3) is 15.9 Å². The molecule has 0 bridgehead atoms. The first-order valence-electron chi connectivity index (χ1n) is 16.4. The molecule has 11 nitrogen and oxygen atoms in total. The van der Waals surface area contributed by atoms with Crippen LogP contribution in [0.2, 0.25) is 5.02 Å². The van der Waals surface area contributed by atoms with Gasteiger partial charge in [0.2, 0.25) is 0 Å². The molecule has 0 spiro atoms. The summed E-state index contributed by atoms with van der Waals surface area (Å²) in [5.74, 6) is -1.22. The summed E-state index contributed by atoms with van der Waals surface area (Å²) >= 11 is 5.95. The van der Waals surface area contributed by atoms with Crippen molar-refractivity contribution in [2.24, 2.45) is 5.92 Å². The van der Waals surface area contributed by atoms with Gasteiger partial charge in [-0.3, -0.25) is 14.4 Å². The number of anilines is 1. The molecule has 1 heterocycles. The number of fused-ring (bicyclic) bond motifs is 1. The summed E-state index contributed by atoms with van der Waals surface area (Å²) < 4.78 is 41.6. The van der Waals surface area contributed by atoms with Gasteiger partial charge in [0.15, 0.2) is 0 Å². The van der Waals surface area contributed by atoms with Gasteiger partial charge < -0.3 is 24.6 Å². The van der Waals surface area contributed by atoms with Gasteiger partial charge in [-0.1, -0.05) is 30.7 Å². The number of likely N-dealkylation sites (N-methyl/N-ethyl adjacent to an activating group) is 1. The smallest absolute Gasteiger partial charge is 0.335 e. The molecule has 1 aliphatic heterocycles. The molecule has 0 radical (unpaired) electrons. The summed E-state index contributed by atoms with van der Waals surface area (Å²) in [6, 6.07) is 16.6. The molecule has 0 aromatic heterocycles. The van der Waals surface area contributed by atoms with E-state index in [4.69, 9.17) is 21.1 Å². The molecule has 3 N–H and O–H groups in total. The predicted octanol–water partition coefficient (Wildman–Crippen LogP) is 5.77. The molecule has 1 aliphatic rings. The second-order valence-electron chi connectivity index (χ2n) is 12.8. The Morgan fingerprint density at radius 1 is 1.08 bits per heavy atom. The van der Waals surface area contributed by atoms with Crippen LogP contribution >= 0.6 is 11.6 Å². The minimum Gasteiger partial charge on any atom is -0.490 e. The zero-order valence-corrected chi connectivity index (χ0v) is 29.9. The van der Waals surface area contributed by atoms with Crippen molar-refractivity contribution in [2.45, 2.75) is 69.7 Å². The van der Waals surface area contributed by atoms with E-state index in [1.54, 1.807) is 48.2 Å². The molecule has 266 valence electrons. The highest BCUT2D eigenvalue weighted by Gasteiger charge is 2.31. The third-order valence-electron chi connectivity index (χ3n) is 8.57. The Morgan fingerprint density at radius 2 is 1.78 bits per heavy atom. The summed E-state index contributed by atoms with van der Waals surface area (Å²) in [5, 5.41) is 19.9. The number of nitrogens with zero attached hydrogens (tertiary/aromatic N) is 2. The Kier molecular flexibility index (Phi) is 13.5. The monoisotopic (exact) mass is 715 g/mol. The molecule has 0 fully saturated rings. The average molecular weight is 716 g/mol. The van der Waals surface area contributed by atoms with Gasteiger partial charge in [-0.25, -0.2) is 13.2 Å². The normalized spacial score (nSPS) is 20.2. The van der Waals surface area contributed by atoms with Crippen LogP contribution in [0.25, 0.3) is 0 Å². The number of amides is 1. The number of carboxylic acids is 1. The molecular weight excluding hydrogens is 670 g/mol. The first-order chi connectivity index (χ1) is 23.3. The van der Waals surface area contributed by atoms with E-state index >= 15 is 0 Å². The SMILES string of the molecule is C[C@H](CO)N1C[C@H](C)[C@@H](CN(C)Cc2ccc(C(=O)O)cc2)OCCCC[C@H](C)Oc2ccc(NS(=O)(=O)c3ccc(Cl)cc3)cc2C1=O. The Labute approximate surface area is 293 Å². The largest absolute Gasteiger partial charge is 0.490 e. The van der Waals surface area contributed by atoms with Gasteiger partial charge in [0.1, 0.15) is 5.75 Å². The molecule has 0 saturated carbocycles. The fraction of sp³-hybridized carbons (Fsp3) is 0.444. The first kappa shape index (κ1) is 38.1. The maximum atomic E-state index is 14.4.